The standard InChI is InChI=1S/C15H22ClN3O2/c1-11-8-13(16)9-12(2)15(11)21-10-14(20)17-19-6-4-18(3)5-7-19/h8-9H,4-7,10H2,1-3H3,(H,17,20)/p+1. The third-order valence-corrected chi connectivity index (χ3v) is 3.89. The van der Waals surface area contributed by atoms with Gasteiger partial charge in [0.1, 0.15) is 5.75 Å². The molecule has 0 radical (unpaired) electrons. The third kappa shape index (κ3) is 4.59. The number of hydrogen-bond donors (Lipinski definition) is 2. The number of piperazine rings is 1. The summed E-state index contributed by atoms with van der Waals surface area (Å²) >= 11 is 5.98. The fourth-order valence-electron chi connectivity index (χ4n) is 2.47. The maximum atomic E-state index is 11.9. The Bertz CT molecular complexity index is 491. The van der Waals surface area contributed by atoms with Crippen molar-refractivity contribution in [3.05, 3.63) is 28.3 Å². The molecule has 0 spiro atoms. The average Bonchev–Trinajstić information content (AvgIpc) is 2.40. The molecule has 5 nitrogen and oxygen atoms in total. The van der Waals surface area contributed by atoms with Crippen LogP contribution >= 0.6 is 11.6 Å². The van der Waals surface area contributed by atoms with Gasteiger partial charge < -0.3 is 9.64 Å². The van der Waals surface area contributed by atoms with E-state index in [1.54, 1.807) is 0 Å². The molecule has 0 atom stereocenters. The minimum atomic E-state index is -0.122. The number of carbonyl (C=O) groups excluding carboxylic acids is 1. The zero-order chi connectivity index (χ0) is 15.4. The van der Waals surface area contributed by atoms with Gasteiger partial charge in [-0.05, 0) is 37.1 Å². The molecule has 0 aromatic heterocycles. The summed E-state index contributed by atoms with van der Waals surface area (Å²) in [6, 6.07) is 3.68. The van der Waals surface area contributed by atoms with E-state index < -0.39 is 0 Å². The van der Waals surface area contributed by atoms with Crippen molar-refractivity contribution in [2.24, 2.45) is 0 Å². The highest BCUT2D eigenvalue weighted by Crippen LogP contribution is 2.26. The monoisotopic (exact) mass is 312 g/mol. The molecule has 1 aliphatic heterocycles. The molecule has 0 saturated carbocycles. The highest BCUT2D eigenvalue weighted by atomic mass is 35.5. The maximum Gasteiger partial charge on any atom is 0.272 e. The predicted octanol–water partition coefficient (Wildman–Crippen LogP) is 0.197. The van der Waals surface area contributed by atoms with Crippen LogP contribution in [0.2, 0.25) is 5.02 Å². The molecule has 1 aromatic carbocycles. The number of nitrogens with one attached hydrogen (secondary N) is 2. The van der Waals surface area contributed by atoms with Crippen molar-refractivity contribution in [1.82, 2.24) is 10.4 Å². The number of halogens is 1. The van der Waals surface area contributed by atoms with E-state index in [0.717, 1.165) is 43.1 Å². The highest BCUT2D eigenvalue weighted by Gasteiger charge is 2.18. The smallest absolute Gasteiger partial charge is 0.272 e. The number of quaternary nitrogens is 1. The van der Waals surface area contributed by atoms with Crippen molar-refractivity contribution in [2.45, 2.75) is 13.8 Å². The lowest BCUT2D eigenvalue weighted by Gasteiger charge is -2.30. The molecule has 1 heterocycles. The van der Waals surface area contributed by atoms with Gasteiger partial charge >= 0.3 is 0 Å². The van der Waals surface area contributed by atoms with Gasteiger partial charge in [-0.2, -0.15) is 0 Å². The Hall–Kier alpha value is -1.30. The first-order valence-corrected chi connectivity index (χ1v) is 7.59. The van der Waals surface area contributed by atoms with Gasteiger partial charge in [0.05, 0.1) is 33.2 Å². The first kappa shape index (κ1) is 16.1. The Morgan fingerprint density at radius 1 is 1.33 bits per heavy atom. The fourth-order valence-corrected chi connectivity index (χ4v) is 2.80. The van der Waals surface area contributed by atoms with E-state index in [0.29, 0.717) is 5.02 Å². The lowest BCUT2D eigenvalue weighted by atomic mass is 10.1. The van der Waals surface area contributed by atoms with Gasteiger partial charge in [-0.25, -0.2) is 5.01 Å². The zero-order valence-corrected chi connectivity index (χ0v) is 13.6. The number of rotatable bonds is 4. The molecule has 6 heteroatoms. The Morgan fingerprint density at radius 3 is 2.48 bits per heavy atom. The van der Waals surface area contributed by atoms with Gasteiger partial charge in [-0.3, -0.25) is 10.2 Å². The molecule has 116 valence electrons. The second kappa shape index (κ2) is 7.11. The molecule has 1 fully saturated rings. The van der Waals surface area contributed by atoms with Crippen molar-refractivity contribution in [3.63, 3.8) is 0 Å². The lowest BCUT2D eigenvalue weighted by molar-refractivity contribution is -0.884. The molecule has 21 heavy (non-hydrogen) atoms. The molecule has 2 rings (SSSR count). The molecule has 0 bridgehead atoms. The van der Waals surface area contributed by atoms with Crippen molar-refractivity contribution in [1.29, 1.82) is 0 Å². The molecule has 1 aliphatic rings. The number of carbonyl (C=O) groups is 1. The van der Waals surface area contributed by atoms with Gasteiger partial charge in [0, 0.05) is 5.02 Å². The van der Waals surface area contributed by atoms with E-state index in [-0.39, 0.29) is 12.5 Å². The van der Waals surface area contributed by atoms with Crippen LogP contribution in [0, 0.1) is 13.8 Å². The van der Waals surface area contributed by atoms with Crippen LogP contribution < -0.4 is 15.1 Å². The van der Waals surface area contributed by atoms with Crippen LogP contribution in [0.4, 0.5) is 0 Å². The second-order valence-electron chi connectivity index (χ2n) is 5.64. The topological polar surface area (TPSA) is 46.0 Å². The highest BCUT2D eigenvalue weighted by molar-refractivity contribution is 6.30. The van der Waals surface area contributed by atoms with Crippen molar-refractivity contribution in [2.75, 3.05) is 39.8 Å². The van der Waals surface area contributed by atoms with Crippen LogP contribution in [0.25, 0.3) is 0 Å². The van der Waals surface area contributed by atoms with Gasteiger partial charge in [0.15, 0.2) is 6.61 Å². The molecule has 0 aliphatic carbocycles. The minimum Gasteiger partial charge on any atom is -0.483 e. The van der Waals surface area contributed by atoms with Gasteiger partial charge in [0.25, 0.3) is 5.91 Å². The molecule has 1 saturated heterocycles. The van der Waals surface area contributed by atoms with Crippen molar-refractivity contribution in [3.8, 4) is 5.75 Å². The summed E-state index contributed by atoms with van der Waals surface area (Å²) in [4.78, 5) is 13.4. The van der Waals surface area contributed by atoms with Crippen LogP contribution in [0.1, 0.15) is 11.1 Å². The van der Waals surface area contributed by atoms with E-state index in [2.05, 4.69) is 12.5 Å². The quantitative estimate of drug-likeness (QED) is 0.835. The lowest BCUT2D eigenvalue weighted by Crippen LogP contribution is -3.12. The normalized spacial score (nSPS) is 16.8. The number of hydrazine groups is 1. The molecule has 0 unspecified atom stereocenters. The van der Waals surface area contributed by atoms with E-state index in [1.165, 1.54) is 4.90 Å². The van der Waals surface area contributed by atoms with Crippen LogP contribution in [0.5, 0.6) is 5.75 Å². The van der Waals surface area contributed by atoms with E-state index in [4.69, 9.17) is 16.3 Å². The van der Waals surface area contributed by atoms with Crippen LogP contribution in [0.15, 0.2) is 12.1 Å². The molecule has 1 aromatic rings. The number of likely N-dealkylation sites (N-methyl/N-ethyl adjacent to an activating group) is 1. The summed E-state index contributed by atoms with van der Waals surface area (Å²) < 4.78 is 5.64. The van der Waals surface area contributed by atoms with Crippen LogP contribution in [-0.4, -0.2) is 50.7 Å². The largest absolute Gasteiger partial charge is 0.483 e. The van der Waals surface area contributed by atoms with Crippen molar-refractivity contribution < 1.29 is 14.4 Å². The summed E-state index contributed by atoms with van der Waals surface area (Å²) in [5.74, 6) is 0.612. The molecular weight excluding hydrogens is 290 g/mol. The minimum absolute atomic E-state index is 0.0164. The summed E-state index contributed by atoms with van der Waals surface area (Å²) in [6.07, 6.45) is 0. The van der Waals surface area contributed by atoms with Crippen molar-refractivity contribution >= 4 is 17.5 Å². The molecule has 1 amide bonds. The van der Waals surface area contributed by atoms with Gasteiger partial charge in [0.2, 0.25) is 0 Å². The van der Waals surface area contributed by atoms with Crippen LogP contribution in [0.3, 0.4) is 0 Å². The zero-order valence-electron chi connectivity index (χ0n) is 12.8. The Morgan fingerprint density at radius 2 is 1.90 bits per heavy atom. The first-order chi connectivity index (χ1) is 9.95. The fraction of sp³-hybridized carbons (Fsp3) is 0.533. The Balaban J connectivity index is 1.84. The second-order valence-corrected chi connectivity index (χ2v) is 6.07. The summed E-state index contributed by atoms with van der Waals surface area (Å²) in [6.45, 7) is 7.69. The summed E-state index contributed by atoms with van der Waals surface area (Å²) in [7, 11) is 2.16. The van der Waals surface area contributed by atoms with E-state index in [1.807, 2.05) is 31.0 Å². The molecule has 2 N–H and O–H groups in total. The number of aryl methyl sites for hydroxylation is 2. The van der Waals surface area contributed by atoms with Gasteiger partial charge in [-0.1, -0.05) is 11.6 Å². The van der Waals surface area contributed by atoms with E-state index >= 15 is 0 Å². The predicted molar refractivity (Wildman–Crippen MR) is 82.8 cm³/mol. The third-order valence-electron chi connectivity index (χ3n) is 3.67. The summed E-state index contributed by atoms with van der Waals surface area (Å²) in [5.41, 5.74) is 4.77. The number of nitrogens with zero attached hydrogens (tertiary/aromatic N) is 1. The Labute approximate surface area is 130 Å². The number of hydrogen-bond acceptors (Lipinski definition) is 3. The average molecular weight is 313 g/mol. The first-order valence-electron chi connectivity index (χ1n) is 7.21. The summed E-state index contributed by atoms with van der Waals surface area (Å²) in [5, 5.41) is 2.64. The number of amides is 1. The SMILES string of the molecule is Cc1cc(Cl)cc(C)c1OCC(=O)NN1CC[NH+](C)CC1. The number of ether oxygens (including phenoxy) is 1. The Kier molecular flexibility index (Phi) is 5.45. The van der Waals surface area contributed by atoms with Crippen LogP contribution in [-0.2, 0) is 4.79 Å². The maximum absolute atomic E-state index is 11.9. The van der Waals surface area contributed by atoms with E-state index in [9.17, 15) is 4.79 Å². The number of benzene rings is 1. The van der Waals surface area contributed by atoms with Gasteiger partial charge in [-0.15, -0.1) is 0 Å². The molecular formula is C15H23ClN3O2+.